The van der Waals surface area contributed by atoms with E-state index < -0.39 is 0 Å². The predicted molar refractivity (Wildman–Crippen MR) is 129 cm³/mol. The van der Waals surface area contributed by atoms with Gasteiger partial charge in [-0.1, -0.05) is 12.1 Å². The van der Waals surface area contributed by atoms with Crippen molar-refractivity contribution >= 4 is 36.2 Å². The summed E-state index contributed by atoms with van der Waals surface area (Å²) in [6, 6.07) is 13.8. The number of aromatic nitrogens is 1. The minimum absolute atomic E-state index is 0.0468. The Morgan fingerprint density at radius 3 is 2.61 bits per heavy atom. The molecule has 6 nitrogen and oxygen atoms in total. The van der Waals surface area contributed by atoms with Crippen molar-refractivity contribution in [2.45, 2.75) is 51.6 Å². The van der Waals surface area contributed by atoms with Crippen molar-refractivity contribution < 1.29 is 14.3 Å². The number of hydrogen-bond donors (Lipinski definition) is 2. The third-order valence-electron chi connectivity index (χ3n) is 5.84. The zero-order valence-electron chi connectivity index (χ0n) is 18.3. The van der Waals surface area contributed by atoms with Crippen molar-refractivity contribution in [3.63, 3.8) is 0 Å². The van der Waals surface area contributed by atoms with Crippen LogP contribution in [0, 0.1) is 0 Å². The number of rotatable bonds is 7. The molecule has 1 aromatic heterocycles. The van der Waals surface area contributed by atoms with Crippen molar-refractivity contribution in [1.82, 2.24) is 4.57 Å². The molecule has 0 unspecified atom stereocenters. The van der Waals surface area contributed by atoms with Crippen molar-refractivity contribution in [3.8, 4) is 17.0 Å². The van der Waals surface area contributed by atoms with Crippen LogP contribution in [-0.4, -0.2) is 31.2 Å². The maximum atomic E-state index is 12.1. The first kappa shape index (κ1) is 21.2. The SMILES string of the molecule is BCCOc1ccc2c(N)c(-c3ccc(NC(=O)OC4CCCC4)cc3)n(CC)c2c1. The largest absolute Gasteiger partial charge is 0.494 e. The number of nitrogens with one attached hydrogen (secondary N) is 1. The van der Waals surface area contributed by atoms with E-state index in [1.165, 1.54) is 0 Å². The minimum atomic E-state index is -0.388. The lowest BCUT2D eigenvalue weighted by atomic mass is 10.1. The van der Waals surface area contributed by atoms with Crippen LogP contribution in [0.2, 0.25) is 6.32 Å². The van der Waals surface area contributed by atoms with Crippen LogP contribution in [0.4, 0.5) is 16.2 Å². The van der Waals surface area contributed by atoms with Crippen LogP contribution in [0.3, 0.4) is 0 Å². The Labute approximate surface area is 184 Å². The van der Waals surface area contributed by atoms with Gasteiger partial charge in [0.15, 0.2) is 0 Å². The molecule has 3 N–H and O–H groups in total. The van der Waals surface area contributed by atoms with E-state index in [1.54, 1.807) is 0 Å². The number of nitrogens with two attached hydrogens (primary N) is 1. The fourth-order valence-corrected chi connectivity index (χ4v) is 4.32. The van der Waals surface area contributed by atoms with Gasteiger partial charge in [0.1, 0.15) is 19.7 Å². The van der Waals surface area contributed by atoms with E-state index in [0.717, 1.165) is 72.1 Å². The highest BCUT2D eigenvalue weighted by atomic mass is 16.6. The van der Waals surface area contributed by atoms with Gasteiger partial charge in [-0.15, -0.1) is 0 Å². The molecule has 7 heteroatoms. The maximum absolute atomic E-state index is 12.1. The molecule has 0 radical (unpaired) electrons. The summed E-state index contributed by atoms with van der Waals surface area (Å²) in [5, 5.41) is 3.85. The van der Waals surface area contributed by atoms with Crippen molar-refractivity contribution in [3.05, 3.63) is 42.5 Å². The van der Waals surface area contributed by atoms with Gasteiger partial charge in [0.2, 0.25) is 0 Å². The highest BCUT2D eigenvalue weighted by Crippen LogP contribution is 2.38. The molecular weight excluding hydrogens is 389 g/mol. The summed E-state index contributed by atoms with van der Waals surface area (Å²) in [5.74, 6) is 0.855. The lowest BCUT2D eigenvalue weighted by Crippen LogP contribution is -2.20. The van der Waals surface area contributed by atoms with Crippen LogP contribution in [-0.2, 0) is 11.3 Å². The lowest BCUT2D eigenvalue weighted by Gasteiger charge is -2.13. The summed E-state index contributed by atoms with van der Waals surface area (Å²) in [6.45, 7) is 3.59. The summed E-state index contributed by atoms with van der Waals surface area (Å²) < 4.78 is 13.5. The number of aryl methyl sites for hydroxylation is 1. The number of fused-ring (bicyclic) bond motifs is 1. The third-order valence-corrected chi connectivity index (χ3v) is 5.84. The molecule has 0 atom stereocenters. The second-order valence-corrected chi connectivity index (χ2v) is 8.05. The molecule has 1 aliphatic carbocycles. The second kappa shape index (κ2) is 9.37. The van der Waals surface area contributed by atoms with Gasteiger partial charge < -0.3 is 19.8 Å². The molecule has 0 saturated heterocycles. The Balaban J connectivity index is 1.57. The monoisotopic (exact) mass is 419 g/mol. The molecule has 1 heterocycles. The molecule has 1 aliphatic rings. The number of nitrogen functional groups attached to an aromatic ring is 1. The van der Waals surface area contributed by atoms with Gasteiger partial charge in [0.25, 0.3) is 0 Å². The van der Waals surface area contributed by atoms with Crippen LogP contribution in [0.5, 0.6) is 5.75 Å². The van der Waals surface area contributed by atoms with Gasteiger partial charge in [0, 0.05) is 29.2 Å². The van der Waals surface area contributed by atoms with E-state index in [-0.39, 0.29) is 12.2 Å². The number of carbonyl (C=O) groups excluding carboxylic acids is 1. The Bertz CT molecular complexity index is 1060. The number of ether oxygens (including phenoxy) is 2. The van der Waals surface area contributed by atoms with Crippen molar-refractivity contribution in [1.29, 1.82) is 0 Å². The summed E-state index contributed by atoms with van der Waals surface area (Å²) >= 11 is 0. The fraction of sp³-hybridized carbons (Fsp3) is 0.375. The molecule has 1 fully saturated rings. The van der Waals surface area contributed by atoms with Crippen LogP contribution < -0.4 is 15.8 Å². The molecule has 1 saturated carbocycles. The molecule has 0 aliphatic heterocycles. The first-order valence-corrected chi connectivity index (χ1v) is 11.2. The molecule has 0 bridgehead atoms. The van der Waals surface area contributed by atoms with Crippen LogP contribution in [0.1, 0.15) is 32.6 Å². The third kappa shape index (κ3) is 4.50. The highest BCUT2D eigenvalue weighted by molar-refractivity contribution is 6.08. The molecule has 2 aromatic carbocycles. The van der Waals surface area contributed by atoms with Crippen LogP contribution in [0.25, 0.3) is 22.2 Å². The zero-order chi connectivity index (χ0) is 21.8. The standard InChI is InChI=1S/C24H30BN3O3/c1-2-28-21-15-19(30-14-13-25)11-12-20(21)22(26)23(28)16-7-9-17(10-8-16)27-24(29)31-18-5-3-4-6-18/h7-12,15,18H,2-6,13-14,25-26H2,1H3,(H,27,29). The average molecular weight is 419 g/mol. The first-order chi connectivity index (χ1) is 15.1. The molecule has 4 rings (SSSR count). The van der Waals surface area contributed by atoms with Crippen LogP contribution in [0.15, 0.2) is 42.5 Å². The molecule has 3 aromatic rings. The van der Waals surface area contributed by atoms with E-state index >= 15 is 0 Å². The molecular formula is C24H30BN3O3. The number of hydrogen-bond acceptors (Lipinski definition) is 4. The molecule has 1 amide bonds. The lowest BCUT2D eigenvalue weighted by molar-refractivity contribution is 0.114. The molecule has 162 valence electrons. The average Bonchev–Trinajstić information content (AvgIpc) is 3.38. The van der Waals surface area contributed by atoms with Gasteiger partial charge in [-0.25, -0.2) is 4.79 Å². The minimum Gasteiger partial charge on any atom is -0.494 e. The molecule has 0 spiro atoms. The topological polar surface area (TPSA) is 78.5 Å². The van der Waals surface area contributed by atoms with E-state index in [2.05, 4.69) is 30.7 Å². The predicted octanol–water partition coefficient (Wildman–Crippen LogP) is 4.83. The zero-order valence-corrected chi connectivity index (χ0v) is 18.3. The number of benzene rings is 2. The number of nitrogens with zero attached hydrogens (tertiary/aromatic N) is 1. The summed E-state index contributed by atoms with van der Waals surface area (Å²) in [4.78, 5) is 12.1. The Kier molecular flexibility index (Phi) is 6.40. The van der Waals surface area contributed by atoms with Gasteiger partial charge in [-0.2, -0.15) is 0 Å². The first-order valence-electron chi connectivity index (χ1n) is 11.2. The van der Waals surface area contributed by atoms with E-state index in [0.29, 0.717) is 12.3 Å². The summed E-state index contributed by atoms with van der Waals surface area (Å²) in [6.07, 6.45) is 4.80. The van der Waals surface area contributed by atoms with Gasteiger partial charge in [-0.3, -0.25) is 5.32 Å². The van der Waals surface area contributed by atoms with E-state index in [4.69, 9.17) is 15.2 Å². The number of anilines is 2. The van der Waals surface area contributed by atoms with Gasteiger partial charge >= 0.3 is 6.09 Å². The van der Waals surface area contributed by atoms with Crippen molar-refractivity contribution in [2.24, 2.45) is 0 Å². The number of carbonyl (C=O) groups is 1. The molecule has 31 heavy (non-hydrogen) atoms. The van der Waals surface area contributed by atoms with Crippen LogP contribution >= 0.6 is 0 Å². The summed E-state index contributed by atoms with van der Waals surface area (Å²) in [5.41, 5.74) is 11.1. The summed E-state index contributed by atoms with van der Waals surface area (Å²) in [7, 11) is 2.09. The second-order valence-electron chi connectivity index (χ2n) is 8.05. The Hall–Kier alpha value is -3.09. The van der Waals surface area contributed by atoms with Crippen molar-refractivity contribution in [2.75, 3.05) is 17.7 Å². The highest BCUT2D eigenvalue weighted by Gasteiger charge is 2.20. The van der Waals surface area contributed by atoms with E-state index in [1.807, 2.05) is 36.4 Å². The Morgan fingerprint density at radius 1 is 1.19 bits per heavy atom. The quantitative estimate of drug-likeness (QED) is 0.538. The maximum Gasteiger partial charge on any atom is 0.411 e. The van der Waals surface area contributed by atoms with Gasteiger partial charge in [0.05, 0.1) is 23.5 Å². The van der Waals surface area contributed by atoms with E-state index in [9.17, 15) is 4.79 Å². The Morgan fingerprint density at radius 2 is 1.94 bits per heavy atom. The fourth-order valence-electron chi connectivity index (χ4n) is 4.32. The number of amides is 1. The van der Waals surface area contributed by atoms with Gasteiger partial charge in [-0.05, 0) is 63.2 Å². The normalized spacial score (nSPS) is 14.1. The smallest absolute Gasteiger partial charge is 0.411 e.